The van der Waals surface area contributed by atoms with Crippen LogP contribution in [0.5, 0.6) is 0 Å². The van der Waals surface area contributed by atoms with Crippen molar-refractivity contribution < 1.29 is 18.8 Å². The van der Waals surface area contributed by atoms with E-state index in [4.69, 9.17) is 9.26 Å². The van der Waals surface area contributed by atoms with E-state index in [-0.39, 0.29) is 0 Å². The lowest BCUT2D eigenvalue weighted by Gasteiger charge is -2.13. The highest BCUT2D eigenvalue weighted by atomic mass is 16.5. The van der Waals surface area contributed by atoms with E-state index >= 15 is 0 Å². The first kappa shape index (κ1) is 19.4. The number of amides is 1. The molecule has 0 saturated heterocycles. The van der Waals surface area contributed by atoms with Crippen LogP contribution in [0.25, 0.3) is 22.2 Å². The maximum atomic E-state index is 12.6. The normalized spacial score (nSPS) is 11.8. The molecule has 0 bridgehead atoms. The summed E-state index contributed by atoms with van der Waals surface area (Å²) < 4.78 is 10.8. The van der Waals surface area contributed by atoms with Crippen LogP contribution >= 0.6 is 0 Å². The largest absolute Gasteiger partial charge is 0.449 e. The van der Waals surface area contributed by atoms with Crippen LogP contribution in [0.2, 0.25) is 0 Å². The molecule has 1 amide bonds. The third kappa shape index (κ3) is 4.07. The van der Waals surface area contributed by atoms with Gasteiger partial charge in [0, 0.05) is 11.3 Å². The molecule has 0 aliphatic carbocycles. The maximum absolute atomic E-state index is 12.6. The number of fused-ring (bicyclic) bond motifs is 1. The van der Waals surface area contributed by atoms with Gasteiger partial charge < -0.3 is 14.6 Å². The number of hydrogen-bond acceptors (Lipinski definition) is 5. The van der Waals surface area contributed by atoms with Gasteiger partial charge >= 0.3 is 5.97 Å². The molecule has 3 aromatic carbocycles. The Balaban J connectivity index is 1.50. The molecule has 0 saturated carbocycles. The van der Waals surface area contributed by atoms with E-state index in [9.17, 15) is 9.59 Å². The molecule has 0 aliphatic rings. The molecule has 1 aromatic heterocycles. The van der Waals surface area contributed by atoms with Crippen molar-refractivity contribution in [1.29, 1.82) is 0 Å². The van der Waals surface area contributed by atoms with Gasteiger partial charge in [0.25, 0.3) is 5.91 Å². The van der Waals surface area contributed by atoms with E-state index in [0.717, 1.165) is 11.1 Å². The minimum absolute atomic E-state index is 0.317. The molecule has 0 fully saturated rings. The monoisotopic (exact) mass is 400 g/mol. The van der Waals surface area contributed by atoms with E-state index in [1.54, 1.807) is 30.3 Å². The number of ether oxygens (including phenoxy) is 1. The molecule has 1 N–H and O–H groups in total. The maximum Gasteiger partial charge on any atom is 0.338 e. The third-order valence-corrected chi connectivity index (χ3v) is 4.72. The van der Waals surface area contributed by atoms with Gasteiger partial charge in [-0.15, -0.1) is 0 Å². The van der Waals surface area contributed by atoms with E-state index in [1.165, 1.54) is 6.92 Å². The number of rotatable bonds is 5. The Hall–Kier alpha value is -3.93. The summed E-state index contributed by atoms with van der Waals surface area (Å²) in [6.45, 7) is 3.50. The molecular formula is C24H20N2O4. The fourth-order valence-corrected chi connectivity index (χ4v) is 3.03. The summed E-state index contributed by atoms with van der Waals surface area (Å²) in [6, 6.07) is 21.9. The average Bonchev–Trinajstić information content (AvgIpc) is 3.19. The summed E-state index contributed by atoms with van der Waals surface area (Å²) >= 11 is 0. The second-order valence-electron chi connectivity index (χ2n) is 7.01. The van der Waals surface area contributed by atoms with Crippen molar-refractivity contribution in [3.63, 3.8) is 0 Å². The van der Waals surface area contributed by atoms with Gasteiger partial charge in [-0.3, -0.25) is 4.79 Å². The first-order valence-corrected chi connectivity index (χ1v) is 9.54. The van der Waals surface area contributed by atoms with Gasteiger partial charge in [-0.05, 0) is 44.2 Å². The Labute approximate surface area is 173 Å². The van der Waals surface area contributed by atoms with Crippen LogP contribution < -0.4 is 5.32 Å². The molecule has 0 unspecified atom stereocenters. The molecule has 0 spiro atoms. The Morgan fingerprint density at radius 3 is 2.47 bits per heavy atom. The van der Waals surface area contributed by atoms with Crippen LogP contribution in [0.4, 0.5) is 5.69 Å². The summed E-state index contributed by atoms with van der Waals surface area (Å²) in [5.74, 6) is -0.419. The molecule has 30 heavy (non-hydrogen) atoms. The van der Waals surface area contributed by atoms with Gasteiger partial charge in [0.1, 0.15) is 5.52 Å². The van der Waals surface area contributed by atoms with E-state index < -0.39 is 18.0 Å². The fraction of sp³-hybridized carbons (Fsp3) is 0.125. The standard InChI is InChI=1S/C24H20N2O4/c1-15-8-11-19(12-9-15)25-23(27)16(2)29-24(28)18-10-13-21-20(14-18)22(30-26-21)17-6-4-3-5-7-17/h3-14,16H,1-2H3,(H,25,27)/t16-/m1/s1. The molecule has 150 valence electrons. The van der Waals surface area contributed by atoms with Gasteiger partial charge in [-0.25, -0.2) is 4.79 Å². The highest BCUT2D eigenvalue weighted by Gasteiger charge is 2.20. The number of benzene rings is 3. The second-order valence-corrected chi connectivity index (χ2v) is 7.01. The zero-order valence-electron chi connectivity index (χ0n) is 16.6. The first-order chi connectivity index (χ1) is 14.5. The van der Waals surface area contributed by atoms with Crippen LogP contribution in [-0.4, -0.2) is 23.1 Å². The van der Waals surface area contributed by atoms with Gasteiger partial charge in [-0.2, -0.15) is 0 Å². The van der Waals surface area contributed by atoms with Crippen molar-refractivity contribution in [2.45, 2.75) is 20.0 Å². The number of anilines is 1. The number of carbonyl (C=O) groups excluding carboxylic acids is 2. The number of aryl methyl sites for hydroxylation is 1. The van der Waals surface area contributed by atoms with Crippen LogP contribution in [0.15, 0.2) is 77.3 Å². The Bertz CT molecular complexity index is 1200. The Kier molecular flexibility index (Phi) is 5.30. The van der Waals surface area contributed by atoms with Crippen LogP contribution in [-0.2, 0) is 9.53 Å². The summed E-state index contributed by atoms with van der Waals surface area (Å²) in [4.78, 5) is 25.0. The lowest BCUT2D eigenvalue weighted by molar-refractivity contribution is -0.123. The number of nitrogens with zero attached hydrogens (tertiary/aromatic N) is 1. The predicted octanol–water partition coefficient (Wildman–Crippen LogP) is 4.99. The molecule has 1 atom stereocenters. The number of nitrogens with one attached hydrogen (secondary N) is 1. The lowest BCUT2D eigenvalue weighted by Crippen LogP contribution is -2.30. The Morgan fingerprint density at radius 1 is 1.00 bits per heavy atom. The van der Waals surface area contributed by atoms with Crippen molar-refractivity contribution >= 4 is 28.5 Å². The Morgan fingerprint density at radius 2 is 1.73 bits per heavy atom. The molecule has 0 radical (unpaired) electrons. The van der Waals surface area contributed by atoms with Crippen molar-refractivity contribution in [1.82, 2.24) is 5.16 Å². The topological polar surface area (TPSA) is 81.4 Å². The third-order valence-electron chi connectivity index (χ3n) is 4.72. The number of esters is 1. The van der Waals surface area contributed by atoms with Crippen molar-refractivity contribution in [2.24, 2.45) is 0 Å². The zero-order chi connectivity index (χ0) is 21.1. The molecule has 6 nitrogen and oxygen atoms in total. The molecule has 0 aliphatic heterocycles. The smallest absolute Gasteiger partial charge is 0.338 e. The lowest BCUT2D eigenvalue weighted by atomic mass is 10.1. The molecule has 4 aromatic rings. The van der Waals surface area contributed by atoms with Crippen LogP contribution in [0.1, 0.15) is 22.8 Å². The van der Waals surface area contributed by atoms with Gasteiger partial charge in [0.05, 0.1) is 10.9 Å². The quantitative estimate of drug-likeness (QED) is 0.478. The van der Waals surface area contributed by atoms with Crippen LogP contribution in [0, 0.1) is 6.92 Å². The zero-order valence-corrected chi connectivity index (χ0v) is 16.6. The molecule has 4 rings (SSSR count). The van der Waals surface area contributed by atoms with Crippen molar-refractivity contribution in [2.75, 3.05) is 5.32 Å². The van der Waals surface area contributed by atoms with E-state index in [1.807, 2.05) is 49.4 Å². The minimum Gasteiger partial charge on any atom is -0.449 e. The molecular weight excluding hydrogens is 380 g/mol. The van der Waals surface area contributed by atoms with Crippen molar-refractivity contribution in [3.05, 3.63) is 83.9 Å². The van der Waals surface area contributed by atoms with Gasteiger partial charge in [0.15, 0.2) is 11.9 Å². The molecule has 1 heterocycles. The van der Waals surface area contributed by atoms with Gasteiger partial charge in [-0.1, -0.05) is 53.2 Å². The molecule has 6 heteroatoms. The average molecular weight is 400 g/mol. The number of aromatic nitrogens is 1. The number of carbonyl (C=O) groups is 2. The SMILES string of the molecule is Cc1ccc(NC(=O)[C@@H](C)OC(=O)c2ccc3noc(-c4ccccc4)c3c2)cc1. The summed E-state index contributed by atoms with van der Waals surface area (Å²) in [5, 5.41) is 7.49. The first-order valence-electron chi connectivity index (χ1n) is 9.54. The highest BCUT2D eigenvalue weighted by molar-refractivity contribution is 6.00. The van der Waals surface area contributed by atoms with Crippen LogP contribution in [0.3, 0.4) is 0 Å². The predicted molar refractivity (Wildman–Crippen MR) is 114 cm³/mol. The van der Waals surface area contributed by atoms with E-state index in [2.05, 4.69) is 10.5 Å². The summed E-state index contributed by atoms with van der Waals surface area (Å²) in [6.07, 6.45) is -0.953. The minimum atomic E-state index is -0.953. The second kappa shape index (κ2) is 8.21. The van der Waals surface area contributed by atoms with E-state index in [0.29, 0.717) is 27.9 Å². The van der Waals surface area contributed by atoms with Gasteiger partial charge in [0.2, 0.25) is 0 Å². The summed E-state index contributed by atoms with van der Waals surface area (Å²) in [5.41, 5.74) is 3.54. The fourth-order valence-electron chi connectivity index (χ4n) is 3.03. The van der Waals surface area contributed by atoms with Crippen molar-refractivity contribution in [3.8, 4) is 11.3 Å². The number of hydrogen-bond donors (Lipinski definition) is 1. The highest BCUT2D eigenvalue weighted by Crippen LogP contribution is 2.29. The summed E-state index contributed by atoms with van der Waals surface area (Å²) in [7, 11) is 0.